The number of esters is 1. The summed E-state index contributed by atoms with van der Waals surface area (Å²) in [6.45, 7) is 9.75. The minimum Gasteiger partial charge on any atom is -0.504 e. The smallest absolute Gasteiger partial charge is 0.338 e. The predicted octanol–water partition coefficient (Wildman–Crippen LogP) is 4.29. The van der Waals surface area contributed by atoms with Gasteiger partial charge in [0.05, 0.1) is 38.7 Å². The van der Waals surface area contributed by atoms with Crippen LogP contribution in [0.1, 0.15) is 51.8 Å². The first-order valence-electron chi connectivity index (χ1n) is 12.3. The van der Waals surface area contributed by atoms with Gasteiger partial charge in [0.15, 0.2) is 16.3 Å². The van der Waals surface area contributed by atoms with Crippen LogP contribution in [0, 0.1) is 3.57 Å². The Morgan fingerprint density at radius 2 is 1.95 bits per heavy atom. The minimum atomic E-state index is -0.777. The maximum Gasteiger partial charge on any atom is 0.338 e. The van der Waals surface area contributed by atoms with E-state index < -0.39 is 12.0 Å². The third-order valence-electron chi connectivity index (χ3n) is 5.74. The van der Waals surface area contributed by atoms with Crippen molar-refractivity contribution < 1.29 is 24.1 Å². The quantitative estimate of drug-likeness (QED) is 0.289. The van der Waals surface area contributed by atoms with Gasteiger partial charge in [-0.1, -0.05) is 29.5 Å². The molecule has 2 heterocycles. The standard InChI is InChI=1S/C28H29IN2O6S/c1-6-35-21-13-17(12-19(29)25(21)32)14-22-26(33)31-24(18-10-8-9-11-20(18)37-15(3)4)23(27(34)36-7-2)16(5)30-28(31)38-22/h8-15,24,32H,6-7H2,1-5H3/b22-14-/t24-/m0/s1. The molecule has 2 aromatic carbocycles. The SMILES string of the molecule is CCOC(=O)C1=C(C)N=c2s/c(=C\c3cc(I)c(O)c(OCC)c3)c(=O)n2[C@H]1c1ccccc1OC(C)C. The molecule has 0 amide bonds. The maximum absolute atomic E-state index is 13.9. The number of nitrogens with zero attached hydrogens (tertiary/aromatic N) is 2. The fraction of sp³-hybridized carbons (Fsp3) is 0.321. The van der Waals surface area contributed by atoms with E-state index in [2.05, 4.69) is 4.99 Å². The van der Waals surface area contributed by atoms with Gasteiger partial charge in [0, 0.05) is 5.56 Å². The number of halogens is 1. The summed E-state index contributed by atoms with van der Waals surface area (Å²) in [5.74, 6) is 0.453. The third-order valence-corrected chi connectivity index (χ3v) is 7.55. The zero-order valence-electron chi connectivity index (χ0n) is 21.8. The van der Waals surface area contributed by atoms with Gasteiger partial charge in [-0.05, 0) is 87.0 Å². The summed E-state index contributed by atoms with van der Waals surface area (Å²) in [6.07, 6.45) is 1.63. The summed E-state index contributed by atoms with van der Waals surface area (Å²) in [5.41, 5.74) is 1.85. The van der Waals surface area contributed by atoms with Crippen LogP contribution in [0.25, 0.3) is 6.08 Å². The number of ether oxygens (including phenoxy) is 3. The van der Waals surface area contributed by atoms with E-state index in [1.165, 1.54) is 15.9 Å². The monoisotopic (exact) mass is 648 g/mol. The number of benzene rings is 2. The number of phenols is 1. The first-order chi connectivity index (χ1) is 18.2. The first-order valence-corrected chi connectivity index (χ1v) is 14.2. The molecule has 1 aromatic heterocycles. The van der Waals surface area contributed by atoms with Crippen LogP contribution in [0.4, 0.5) is 0 Å². The lowest BCUT2D eigenvalue weighted by atomic mass is 9.95. The lowest BCUT2D eigenvalue weighted by molar-refractivity contribution is -0.139. The van der Waals surface area contributed by atoms with E-state index >= 15 is 0 Å². The molecular formula is C28H29IN2O6S. The Bertz CT molecular complexity index is 1590. The first kappa shape index (κ1) is 27.9. The summed E-state index contributed by atoms with van der Waals surface area (Å²) in [4.78, 5) is 32.2. The van der Waals surface area contributed by atoms with Gasteiger partial charge in [-0.2, -0.15) is 0 Å². The molecule has 10 heteroatoms. The third kappa shape index (κ3) is 5.51. The largest absolute Gasteiger partial charge is 0.504 e. The fourth-order valence-electron chi connectivity index (χ4n) is 4.25. The molecule has 1 aliphatic rings. The molecule has 1 N–H and O–H groups in total. The van der Waals surface area contributed by atoms with Gasteiger partial charge >= 0.3 is 5.97 Å². The molecule has 38 heavy (non-hydrogen) atoms. The highest BCUT2D eigenvalue weighted by atomic mass is 127. The van der Waals surface area contributed by atoms with E-state index in [0.29, 0.717) is 53.4 Å². The molecule has 0 fully saturated rings. The van der Waals surface area contributed by atoms with Crippen LogP contribution in [-0.4, -0.2) is 35.0 Å². The van der Waals surface area contributed by atoms with Gasteiger partial charge < -0.3 is 19.3 Å². The molecule has 0 unspecified atom stereocenters. The van der Waals surface area contributed by atoms with Gasteiger partial charge in [-0.15, -0.1) is 0 Å². The van der Waals surface area contributed by atoms with Gasteiger partial charge in [0.2, 0.25) is 0 Å². The Morgan fingerprint density at radius 1 is 1.21 bits per heavy atom. The number of hydrogen-bond donors (Lipinski definition) is 1. The highest BCUT2D eigenvalue weighted by Gasteiger charge is 2.35. The average Bonchev–Trinajstić information content (AvgIpc) is 3.16. The van der Waals surface area contributed by atoms with E-state index in [4.69, 9.17) is 14.2 Å². The van der Waals surface area contributed by atoms with Crippen molar-refractivity contribution >= 4 is 46.0 Å². The molecule has 200 valence electrons. The second-order valence-electron chi connectivity index (χ2n) is 8.79. The number of thiazole rings is 1. The fourth-order valence-corrected chi connectivity index (χ4v) is 5.92. The van der Waals surface area contributed by atoms with Gasteiger partial charge in [0.25, 0.3) is 5.56 Å². The van der Waals surface area contributed by atoms with Crippen molar-refractivity contribution in [3.8, 4) is 17.2 Å². The van der Waals surface area contributed by atoms with Crippen molar-refractivity contribution in [2.75, 3.05) is 13.2 Å². The van der Waals surface area contributed by atoms with E-state index in [9.17, 15) is 14.7 Å². The predicted molar refractivity (Wildman–Crippen MR) is 155 cm³/mol. The zero-order chi connectivity index (χ0) is 27.6. The number of rotatable bonds is 8. The Kier molecular flexibility index (Phi) is 8.61. The van der Waals surface area contributed by atoms with Gasteiger partial charge in [0.1, 0.15) is 11.8 Å². The molecule has 1 aliphatic heterocycles. The Morgan fingerprint density at radius 3 is 2.63 bits per heavy atom. The van der Waals surface area contributed by atoms with E-state index in [-0.39, 0.29) is 24.0 Å². The maximum atomic E-state index is 13.9. The van der Waals surface area contributed by atoms with E-state index in [1.54, 1.807) is 32.1 Å². The Labute approximate surface area is 238 Å². The van der Waals surface area contributed by atoms with Crippen LogP contribution >= 0.6 is 33.9 Å². The molecule has 0 saturated heterocycles. The van der Waals surface area contributed by atoms with Crippen molar-refractivity contribution in [2.24, 2.45) is 4.99 Å². The van der Waals surface area contributed by atoms with Gasteiger partial charge in [-0.3, -0.25) is 9.36 Å². The lowest BCUT2D eigenvalue weighted by Crippen LogP contribution is -2.40. The molecule has 0 radical (unpaired) electrons. The van der Waals surface area contributed by atoms with Gasteiger partial charge in [-0.25, -0.2) is 9.79 Å². The van der Waals surface area contributed by atoms with Crippen LogP contribution in [0.3, 0.4) is 0 Å². The molecular weight excluding hydrogens is 619 g/mol. The van der Waals surface area contributed by atoms with Crippen molar-refractivity contribution in [3.63, 3.8) is 0 Å². The second kappa shape index (κ2) is 11.7. The van der Waals surface area contributed by atoms with Crippen LogP contribution < -0.4 is 24.4 Å². The highest BCUT2D eigenvalue weighted by Crippen LogP contribution is 2.36. The van der Waals surface area contributed by atoms with Crippen molar-refractivity contribution in [1.29, 1.82) is 0 Å². The minimum absolute atomic E-state index is 0.0579. The Hall–Kier alpha value is -3.12. The molecule has 0 saturated carbocycles. The van der Waals surface area contributed by atoms with Crippen molar-refractivity contribution in [1.82, 2.24) is 4.57 Å². The summed E-state index contributed by atoms with van der Waals surface area (Å²) < 4.78 is 19.6. The number of aromatic nitrogens is 1. The van der Waals surface area contributed by atoms with Crippen LogP contribution in [0.5, 0.6) is 17.2 Å². The molecule has 0 spiro atoms. The number of allylic oxidation sites excluding steroid dienone is 1. The summed E-state index contributed by atoms with van der Waals surface area (Å²) in [6, 6.07) is 10.1. The molecule has 4 rings (SSSR count). The number of aromatic hydroxyl groups is 1. The van der Waals surface area contributed by atoms with Crippen LogP contribution in [-0.2, 0) is 9.53 Å². The Balaban J connectivity index is 1.97. The topological polar surface area (TPSA) is 99.4 Å². The summed E-state index contributed by atoms with van der Waals surface area (Å²) >= 11 is 3.26. The number of phenolic OH excluding ortho intramolecular Hbond substituents is 1. The summed E-state index contributed by atoms with van der Waals surface area (Å²) in [7, 11) is 0. The molecule has 0 aliphatic carbocycles. The van der Waals surface area contributed by atoms with Crippen molar-refractivity contribution in [2.45, 2.75) is 46.8 Å². The highest BCUT2D eigenvalue weighted by molar-refractivity contribution is 14.1. The van der Waals surface area contributed by atoms with Crippen molar-refractivity contribution in [3.05, 3.63) is 82.1 Å². The number of hydrogen-bond acceptors (Lipinski definition) is 8. The van der Waals surface area contributed by atoms with E-state index in [0.717, 1.165) is 0 Å². The number of fused-ring (bicyclic) bond motifs is 1. The molecule has 3 aromatic rings. The van der Waals surface area contributed by atoms with Crippen LogP contribution in [0.2, 0.25) is 0 Å². The number of carbonyl (C=O) groups is 1. The number of carbonyl (C=O) groups excluding carboxylic acids is 1. The van der Waals surface area contributed by atoms with Crippen LogP contribution in [0.15, 0.2) is 57.5 Å². The lowest BCUT2D eigenvalue weighted by Gasteiger charge is -2.26. The second-order valence-corrected chi connectivity index (χ2v) is 11.0. The molecule has 8 nitrogen and oxygen atoms in total. The summed E-state index contributed by atoms with van der Waals surface area (Å²) in [5, 5.41) is 10.3. The average molecular weight is 649 g/mol. The number of para-hydroxylation sites is 1. The normalized spacial score (nSPS) is 15.3. The molecule has 0 bridgehead atoms. The van der Waals surface area contributed by atoms with E-state index in [1.807, 2.05) is 67.6 Å². The molecule has 1 atom stereocenters. The zero-order valence-corrected chi connectivity index (χ0v) is 24.8.